The lowest BCUT2D eigenvalue weighted by Crippen LogP contribution is -2.05. The minimum absolute atomic E-state index is 0.167. The summed E-state index contributed by atoms with van der Waals surface area (Å²) < 4.78 is 10.8. The van der Waals surface area contributed by atoms with Crippen LogP contribution in [0.15, 0.2) is 12.1 Å². The van der Waals surface area contributed by atoms with Crippen LogP contribution in [0.4, 0.5) is 0 Å². The Morgan fingerprint density at radius 1 is 1.57 bits per heavy atom. The van der Waals surface area contributed by atoms with E-state index in [1.807, 2.05) is 13.0 Å². The van der Waals surface area contributed by atoms with Gasteiger partial charge in [-0.05, 0) is 19.1 Å². The first-order chi connectivity index (χ1) is 6.74. The molecule has 1 atom stereocenters. The maximum absolute atomic E-state index is 10.7. The van der Waals surface area contributed by atoms with Crippen molar-refractivity contribution in [2.45, 2.75) is 19.4 Å². The first-order valence-electron chi connectivity index (χ1n) is 4.57. The summed E-state index contributed by atoms with van der Waals surface area (Å²) in [5.74, 6) is 1.43. The number of ether oxygens (including phenoxy) is 2. The van der Waals surface area contributed by atoms with Crippen molar-refractivity contribution in [3.05, 3.63) is 23.3 Å². The van der Waals surface area contributed by atoms with Crippen LogP contribution in [0.5, 0.6) is 11.5 Å². The Kier molecular flexibility index (Phi) is 2.15. The molecule has 0 spiro atoms. The second-order valence-corrected chi connectivity index (χ2v) is 3.46. The highest BCUT2D eigenvalue weighted by atomic mass is 16.5. The number of hydrogen-bond donors (Lipinski definition) is 0. The molecule has 74 valence electrons. The number of rotatable bonds is 2. The van der Waals surface area contributed by atoms with Crippen LogP contribution in [0.25, 0.3) is 0 Å². The van der Waals surface area contributed by atoms with E-state index in [0.29, 0.717) is 11.3 Å². The average molecular weight is 192 g/mol. The highest BCUT2D eigenvalue weighted by Crippen LogP contribution is 2.38. The van der Waals surface area contributed by atoms with Crippen molar-refractivity contribution in [3.8, 4) is 11.5 Å². The summed E-state index contributed by atoms with van der Waals surface area (Å²) in [5.41, 5.74) is 1.69. The van der Waals surface area contributed by atoms with Gasteiger partial charge in [0.1, 0.15) is 12.4 Å². The fourth-order valence-electron chi connectivity index (χ4n) is 1.74. The van der Waals surface area contributed by atoms with E-state index in [4.69, 9.17) is 9.47 Å². The van der Waals surface area contributed by atoms with Gasteiger partial charge in [-0.3, -0.25) is 4.79 Å². The molecule has 0 saturated heterocycles. The molecule has 3 heteroatoms. The largest absolute Gasteiger partial charge is 0.493 e. The third-order valence-electron chi connectivity index (χ3n) is 2.34. The van der Waals surface area contributed by atoms with E-state index in [-0.39, 0.29) is 6.10 Å². The van der Waals surface area contributed by atoms with Crippen LogP contribution in [-0.2, 0) is 6.42 Å². The van der Waals surface area contributed by atoms with Gasteiger partial charge in [-0.25, -0.2) is 0 Å². The van der Waals surface area contributed by atoms with Gasteiger partial charge >= 0.3 is 0 Å². The van der Waals surface area contributed by atoms with Gasteiger partial charge in [0, 0.05) is 17.5 Å². The molecular formula is C11H12O3. The Morgan fingerprint density at radius 3 is 3.00 bits per heavy atom. The zero-order valence-electron chi connectivity index (χ0n) is 8.24. The quantitative estimate of drug-likeness (QED) is 0.670. The molecule has 1 aromatic rings. The lowest BCUT2D eigenvalue weighted by atomic mass is 10.1. The predicted molar refractivity (Wildman–Crippen MR) is 52.2 cm³/mol. The minimum Gasteiger partial charge on any atom is -0.493 e. The van der Waals surface area contributed by atoms with Crippen molar-refractivity contribution in [2.24, 2.45) is 0 Å². The van der Waals surface area contributed by atoms with Gasteiger partial charge in [0.2, 0.25) is 0 Å². The summed E-state index contributed by atoms with van der Waals surface area (Å²) in [5, 5.41) is 0. The summed E-state index contributed by atoms with van der Waals surface area (Å²) in [6.07, 6.45) is 1.83. The SMILES string of the molecule is COc1cc(C=O)cc2c1OC(C)C2. The van der Waals surface area contributed by atoms with Crippen molar-refractivity contribution in [1.29, 1.82) is 0 Å². The molecule has 0 N–H and O–H groups in total. The lowest BCUT2D eigenvalue weighted by molar-refractivity contribution is 0.112. The van der Waals surface area contributed by atoms with E-state index in [1.54, 1.807) is 13.2 Å². The number of fused-ring (bicyclic) bond motifs is 1. The zero-order valence-corrected chi connectivity index (χ0v) is 8.24. The van der Waals surface area contributed by atoms with Crippen molar-refractivity contribution >= 4 is 6.29 Å². The van der Waals surface area contributed by atoms with Crippen molar-refractivity contribution < 1.29 is 14.3 Å². The van der Waals surface area contributed by atoms with Crippen LogP contribution >= 0.6 is 0 Å². The molecule has 0 fully saturated rings. The Hall–Kier alpha value is -1.51. The predicted octanol–water partition coefficient (Wildman–Crippen LogP) is 1.83. The second-order valence-electron chi connectivity index (χ2n) is 3.46. The topological polar surface area (TPSA) is 35.5 Å². The maximum Gasteiger partial charge on any atom is 0.164 e. The molecule has 1 aromatic carbocycles. The van der Waals surface area contributed by atoms with Gasteiger partial charge in [0.05, 0.1) is 7.11 Å². The van der Waals surface area contributed by atoms with Gasteiger partial charge in [-0.15, -0.1) is 0 Å². The fourth-order valence-corrected chi connectivity index (χ4v) is 1.74. The van der Waals surface area contributed by atoms with Gasteiger partial charge < -0.3 is 9.47 Å². The van der Waals surface area contributed by atoms with E-state index in [0.717, 1.165) is 24.0 Å². The summed E-state index contributed by atoms with van der Waals surface area (Å²) in [7, 11) is 1.58. The molecule has 1 heterocycles. The number of aldehydes is 1. The molecule has 0 aliphatic carbocycles. The number of methoxy groups -OCH3 is 1. The Bertz CT molecular complexity index is 371. The van der Waals surface area contributed by atoms with Crippen LogP contribution in [0, 0.1) is 0 Å². The van der Waals surface area contributed by atoms with Gasteiger partial charge in [0.25, 0.3) is 0 Å². The summed E-state index contributed by atoms with van der Waals surface area (Å²) in [6.45, 7) is 2.00. The second kappa shape index (κ2) is 3.33. The first-order valence-corrected chi connectivity index (χ1v) is 4.57. The summed E-state index contributed by atoms with van der Waals surface area (Å²) >= 11 is 0. The monoisotopic (exact) mass is 192 g/mol. The number of carbonyl (C=O) groups excluding carboxylic acids is 1. The van der Waals surface area contributed by atoms with Crippen molar-refractivity contribution in [2.75, 3.05) is 7.11 Å². The highest BCUT2D eigenvalue weighted by molar-refractivity contribution is 5.77. The Balaban J connectivity index is 2.51. The van der Waals surface area contributed by atoms with Crippen molar-refractivity contribution in [1.82, 2.24) is 0 Å². The Labute approximate surface area is 82.6 Å². The fraction of sp³-hybridized carbons (Fsp3) is 0.364. The van der Waals surface area contributed by atoms with E-state index in [2.05, 4.69) is 0 Å². The van der Waals surface area contributed by atoms with E-state index in [9.17, 15) is 4.79 Å². The number of benzene rings is 1. The van der Waals surface area contributed by atoms with Gasteiger partial charge in [-0.2, -0.15) is 0 Å². The standard InChI is InChI=1S/C11H12O3/c1-7-3-9-4-8(6-12)5-10(13-2)11(9)14-7/h4-7H,3H2,1-2H3. The molecule has 0 amide bonds. The molecule has 0 bridgehead atoms. The van der Waals surface area contributed by atoms with Crippen molar-refractivity contribution in [3.63, 3.8) is 0 Å². The van der Waals surface area contributed by atoms with Crippen LogP contribution < -0.4 is 9.47 Å². The van der Waals surface area contributed by atoms with E-state index >= 15 is 0 Å². The third kappa shape index (κ3) is 1.35. The molecule has 0 radical (unpaired) electrons. The van der Waals surface area contributed by atoms with E-state index in [1.165, 1.54) is 0 Å². The van der Waals surface area contributed by atoms with Crippen LogP contribution in [0.2, 0.25) is 0 Å². The van der Waals surface area contributed by atoms with Crippen LogP contribution in [0.1, 0.15) is 22.8 Å². The molecule has 1 aliphatic rings. The molecule has 2 rings (SSSR count). The molecular weight excluding hydrogens is 180 g/mol. The molecule has 3 nitrogen and oxygen atoms in total. The molecule has 0 aromatic heterocycles. The zero-order chi connectivity index (χ0) is 10.1. The smallest absolute Gasteiger partial charge is 0.164 e. The Morgan fingerprint density at radius 2 is 2.36 bits per heavy atom. The third-order valence-corrected chi connectivity index (χ3v) is 2.34. The maximum atomic E-state index is 10.7. The summed E-state index contributed by atoms with van der Waals surface area (Å²) in [4.78, 5) is 10.7. The average Bonchev–Trinajstić information content (AvgIpc) is 2.56. The van der Waals surface area contributed by atoms with Crippen LogP contribution in [0.3, 0.4) is 0 Å². The van der Waals surface area contributed by atoms with Gasteiger partial charge in [0.15, 0.2) is 11.5 Å². The highest BCUT2D eigenvalue weighted by Gasteiger charge is 2.23. The van der Waals surface area contributed by atoms with Crippen LogP contribution in [-0.4, -0.2) is 19.5 Å². The number of carbonyl (C=O) groups is 1. The number of hydrogen-bond acceptors (Lipinski definition) is 3. The molecule has 0 saturated carbocycles. The van der Waals surface area contributed by atoms with Gasteiger partial charge in [-0.1, -0.05) is 0 Å². The van der Waals surface area contributed by atoms with E-state index < -0.39 is 0 Å². The minimum atomic E-state index is 0.167. The first kappa shape index (κ1) is 9.06. The molecule has 14 heavy (non-hydrogen) atoms. The molecule has 1 unspecified atom stereocenters. The normalized spacial score (nSPS) is 18.6. The molecule has 1 aliphatic heterocycles. The lowest BCUT2D eigenvalue weighted by Gasteiger charge is -2.08. The summed E-state index contributed by atoms with van der Waals surface area (Å²) in [6, 6.07) is 3.55.